The standard InChI is InChI=1S/C19H19N3O4/c1-13-10-15(6-7-17(13)22(25)26)19(24)20-11-18(23)21-9-8-14-4-2-3-5-16(14)12-21/h2-7,10H,8-9,11-12H2,1H3,(H,20,24). The third-order valence-electron chi connectivity index (χ3n) is 4.54. The van der Waals surface area contributed by atoms with Gasteiger partial charge in [-0.25, -0.2) is 0 Å². The Morgan fingerprint density at radius 2 is 1.92 bits per heavy atom. The van der Waals surface area contributed by atoms with Gasteiger partial charge in [0, 0.05) is 30.3 Å². The molecule has 0 saturated carbocycles. The summed E-state index contributed by atoms with van der Waals surface area (Å²) in [5, 5.41) is 13.4. The number of aryl methyl sites for hydroxylation is 1. The Morgan fingerprint density at radius 3 is 2.62 bits per heavy atom. The Morgan fingerprint density at radius 1 is 1.19 bits per heavy atom. The molecular formula is C19H19N3O4. The summed E-state index contributed by atoms with van der Waals surface area (Å²) in [5.41, 5.74) is 3.04. The maximum absolute atomic E-state index is 12.4. The highest BCUT2D eigenvalue weighted by Crippen LogP contribution is 2.19. The number of fused-ring (bicyclic) bond motifs is 1. The van der Waals surface area contributed by atoms with E-state index in [2.05, 4.69) is 11.4 Å². The quantitative estimate of drug-likeness (QED) is 0.674. The number of hydrogen-bond donors (Lipinski definition) is 1. The monoisotopic (exact) mass is 353 g/mol. The van der Waals surface area contributed by atoms with Gasteiger partial charge in [-0.05, 0) is 36.6 Å². The van der Waals surface area contributed by atoms with Gasteiger partial charge in [0.2, 0.25) is 5.91 Å². The van der Waals surface area contributed by atoms with Crippen LogP contribution in [0, 0.1) is 17.0 Å². The first-order valence-electron chi connectivity index (χ1n) is 8.33. The Hall–Kier alpha value is -3.22. The summed E-state index contributed by atoms with van der Waals surface area (Å²) in [6.07, 6.45) is 0.803. The summed E-state index contributed by atoms with van der Waals surface area (Å²) in [5.74, 6) is -0.569. The molecule has 7 heteroatoms. The van der Waals surface area contributed by atoms with Crippen molar-refractivity contribution in [2.75, 3.05) is 13.1 Å². The average molecular weight is 353 g/mol. The van der Waals surface area contributed by atoms with E-state index in [-0.39, 0.29) is 18.1 Å². The van der Waals surface area contributed by atoms with Crippen LogP contribution in [0.1, 0.15) is 27.0 Å². The fourth-order valence-electron chi connectivity index (χ4n) is 3.08. The number of amides is 2. The fraction of sp³-hybridized carbons (Fsp3) is 0.263. The van der Waals surface area contributed by atoms with Gasteiger partial charge in [-0.15, -0.1) is 0 Å². The lowest BCUT2D eigenvalue weighted by molar-refractivity contribution is -0.385. The molecule has 2 amide bonds. The molecule has 2 aromatic carbocycles. The number of nitro benzene ring substituents is 1. The van der Waals surface area contributed by atoms with Crippen molar-refractivity contribution in [3.8, 4) is 0 Å². The molecule has 0 fully saturated rings. The SMILES string of the molecule is Cc1cc(C(=O)NCC(=O)N2CCc3ccccc3C2)ccc1[N+](=O)[O-]. The van der Waals surface area contributed by atoms with Crippen LogP contribution >= 0.6 is 0 Å². The summed E-state index contributed by atoms with van der Waals surface area (Å²) in [6.45, 7) is 2.64. The molecule has 2 aromatic rings. The smallest absolute Gasteiger partial charge is 0.272 e. The fourth-order valence-corrected chi connectivity index (χ4v) is 3.08. The van der Waals surface area contributed by atoms with Crippen molar-refractivity contribution in [2.24, 2.45) is 0 Å². The summed E-state index contributed by atoms with van der Waals surface area (Å²) >= 11 is 0. The summed E-state index contributed by atoms with van der Waals surface area (Å²) < 4.78 is 0. The van der Waals surface area contributed by atoms with Gasteiger partial charge in [0.15, 0.2) is 0 Å². The zero-order chi connectivity index (χ0) is 18.7. The largest absolute Gasteiger partial charge is 0.343 e. The Balaban J connectivity index is 1.59. The normalized spacial score (nSPS) is 13.0. The van der Waals surface area contributed by atoms with Gasteiger partial charge in [0.1, 0.15) is 0 Å². The van der Waals surface area contributed by atoms with E-state index in [0.29, 0.717) is 24.2 Å². The third-order valence-corrected chi connectivity index (χ3v) is 4.54. The molecule has 0 atom stereocenters. The summed E-state index contributed by atoms with van der Waals surface area (Å²) in [6, 6.07) is 12.2. The molecule has 0 unspecified atom stereocenters. The number of nitrogens with one attached hydrogen (secondary N) is 1. The lowest BCUT2D eigenvalue weighted by atomic mass is 10.00. The average Bonchev–Trinajstić information content (AvgIpc) is 2.65. The van der Waals surface area contributed by atoms with Gasteiger partial charge < -0.3 is 10.2 Å². The number of hydrogen-bond acceptors (Lipinski definition) is 4. The van der Waals surface area contributed by atoms with Crippen LogP contribution in [0.5, 0.6) is 0 Å². The minimum atomic E-state index is -0.491. The third kappa shape index (κ3) is 3.72. The van der Waals surface area contributed by atoms with Crippen LogP contribution in [0.3, 0.4) is 0 Å². The zero-order valence-corrected chi connectivity index (χ0v) is 14.4. The molecule has 134 valence electrons. The van der Waals surface area contributed by atoms with E-state index >= 15 is 0 Å². The van der Waals surface area contributed by atoms with Crippen molar-refractivity contribution < 1.29 is 14.5 Å². The van der Waals surface area contributed by atoms with E-state index in [1.165, 1.54) is 23.8 Å². The van der Waals surface area contributed by atoms with E-state index in [1.807, 2.05) is 18.2 Å². The molecule has 0 aromatic heterocycles. The van der Waals surface area contributed by atoms with E-state index in [1.54, 1.807) is 11.8 Å². The molecule has 0 bridgehead atoms. The van der Waals surface area contributed by atoms with Crippen molar-refractivity contribution >= 4 is 17.5 Å². The van der Waals surface area contributed by atoms with E-state index in [4.69, 9.17) is 0 Å². The van der Waals surface area contributed by atoms with E-state index in [0.717, 1.165) is 12.0 Å². The second kappa shape index (κ2) is 7.35. The Kier molecular flexibility index (Phi) is 4.97. The highest BCUT2D eigenvalue weighted by atomic mass is 16.6. The van der Waals surface area contributed by atoms with Crippen molar-refractivity contribution in [2.45, 2.75) is 19.9 Å². The number of nitrogens with zero attached hydrogens (tertiary/aromatic N) is 2. The highest BCUT2D eigenvalue weighted by Gasteiger charge is 2.21. The van der Waals surface area contributed by atoms with Crippen molar-refractivity contribution in [1.82, 2.24) is 10.2 Å². The van der Waals surface area contributed by atoms with Gasteiger partial charge in [-0.3, -0.25) is 19.7 Å². The van der Waals surface area contributed by atoms with Crippen LogP contribution in [0.15, 0.2) is 42.5 Å². The first-order valence-corrected chi connectivity index (χ1v) is 8.33. The second-order valence-corrected chi connectivity index (χ2v) is 6.28. The van der Waals surface area contributed by atoms with Crippen molar-refractivity contribution in [1.29, 1.82) is 0 Å². The van der Waals surface area contributed by atoms with Gasteiger partial charge >= 0.3 is 0 Å². The van der Waals surface area contributed by atoms with Gasteiger partial charge in [-0.1, -0.05) is 24.3 Å². The summed E-state index contributed by atoms with van der Waals surface area (Å²) in [7, 11) is 0. The predicted molar refractivity (Wildman–Crippen MR) is 95.7 cm³/mol. The number of nitro groups is 1. The maximum Gasteiger partial charge on any atom is 0.272 e. The van der Waals surface area contributed by atoms with Crippen LogP contribution in [-0.2, 0) is 17.8 Å². The zero-order valence-electron chi connectivity index (χ0n) is 14.4. The predicted octanol–water partition coefficient (Wildman–Crippen LogP) is 2.22. The maximum atomic E-state index is 12.4. The molecule has 26 heavy (non-hydrogen) atoms. The van der Waals surface area contributed by atoms with Crippen LogP contribution in [-0.4, -0.2) is 34.7 Å². The van der Waals surface area contributed by atoms with E-state index in [9.17, 15) is 19.7 Å². The van der Waals surface area contributed by atoms with Crippen LogP contribution in [0.2, 0.25) is 0 Å². The highest BCUT2D eigenvalue weighted by molar-refractivity contribution is 5.96. The number of carbonyl (C=O) groups is 2. The minimum absolute atomic E-state index is 0.0374. The van der Waals surface area contributed by atoms with Crippen LogP contribution in [0.4, 0.5) is 5.69 Å². The van der Waals surface area contributed by atoms with Gasteiger partial charge in [0.25, 0.3) is 11.6 Å². The first kappa shape index (κ1) is 17.6. The molecule has 7 nitrogen and oxygen atoms in total. The first-order chi connectivity index (χ1) is 12.5. The molecule has 1 heterocycles. The van der Waals surface area contributed by atoms with E-state index < -0.39 is 10.8 Å². The van der Waals surface area contributed by atoms with Gasteiger partial charge in [0.05, 0.1) is 11.5 Å². The molecular weight excluding hydrogens is 334 g/mol. The van der Waals surface area contributed by atoms with Crippen molar-refractivity contribution in [3.05, 3.63) is 74.8 Å². The van der Waals surface area contributed by atoms with Gasteiger partial charge in [-0.2, -0.15) is 0 Å². The summed E-state index contributed by atoms with van der Waals surface area (Å²) in [4.78, 5) is 36.7. The number of rotatable bonds is 4. The number of benzene rings is 2. The molecule has 1 N–H and O–H groups in total. The molecule has 0 radical (unpaired) electrons. The minimum Gasteiger partial charge on any atom is -0.343 e. The number of carbonyl (C=O) groups excluding carboxylic acids is 2. The molecule has 0 saturated heterocycles. The molecule has 1 aliphatic rings. The van der Waals surface area contributed by atoms with Crippen LogP contribution < -0.4 is 5.32 Å². The topological polar surface area (TPSA) is 92.6 Å². The Bertz CT molecular complexity index is 879. The second-order valence-electron chi connectivity index (χ2n) is 6.28. The van der Waals surface area contributed by atoms with Crippen molar-refractivity contribution in [3.63, 3.8) is 0 Å². The molecule has 0 spiro atoms. The lowest BCUT2D eigenvalue weighted by Gasteiger charge is -2.29. The molecule has 1 aliphatic heterocycles. The molecule has 0 aliphatic carbocycles. The Labute approximate surface area is 150 Å². The molecule has 3 rings (SSSR count). The lowest BCUT2D eigenvalue weighted by Crippen LogP contribution is -2.42. The van der Waals surface area contributed by atoms with Crippen LogP contribution in [0.25, 0.3) is 0 Å².